The average Bonchev–Trinajstić information content (AvgIpc) is 2.20. The van der Waals surface area contributed by atoms with Crippen LogP contribution in [0.25, 0.3) is 0 Å². The Bertz CT molecular complexity index is 449. The van der Waals surface area contributed by atoms with Gasteiger partial charge >= 0.3 is 12.1 Å². The molecule has 0 saturated heterocycles. The van der Waals surface area contributed by atoms with Gasteiger partial charge in [-0.15, -0.1) is 0 Å². The Kier molecular flexibility index (Phi) is 6.46. The molecule has 0 aliphatic rings. The Balaban J connectivity index is 4.62. The van der Waals surface area contributed by atoms with Gasteiger partial charge in [-0.1, -0.05) is 0 Å². The van der Waals surface area contributed by atoms with Crippen molar-refractivity contribution in [1.29, 1.82) is 0 Å². The van der Waals surface area contributed by atoms with E-state index in [2.05, 4.69) is 5.32 Å². The van der Waals surface area contributed by atoms with E-state index in [0.29, 0.717) is 0 Å². The molecule has 20 heavy (non-hydrogen) atoms. The zero-order valence-electron chi connectivity index (χ0n) is 12.5. The van der Waals surface area contributed by atoms with Crippen LogP contribution in [-0.2, 0) is 19.4 Å². The maximum absolute atomic E-state index is 11.6. The van der Waals surface area contributed by atoms with Gasteiger partial charge in [0.05, 0.1) is 11.0 Å². The van der Waals surface area contributed by atoms with Crippen LogP contribution in [0.3, 0.4) is 0 Å². The van der Waals surface area contributed by atoms with Crippen molar-refractivity contribution in [1.82, 2.24) is 5.32 Å². The van der Waals surface area contributed by atoms with Crippen molar-refractivity contribution < 1.29 is 27.9 Å². The van der Waals surface area contributed by atoms with Gasteiger partial charge in [-0.25, -0.2) is 18.0 Å². The summed E-state index contributed by atoms with van der Waals surface area (Å²) in [5.74, 6) is -1.60. The predicted octanol–water partition coefficient (Wildman–Crippen LogP) is 1.18. The van der Waals surface area contributed by atoms with E-state index in [0.717, 1.165) is 0 Å². The lowest BCUT2D eigenvalue weighted by Gasteiger charge is -2.22. The summed E-state index contributed by atoms with van der Waals surface area (Å²) in [5.41, 5.74) is -0.753. The molecule has 0 aliphatic carbocycles. The minimum absolute atomic E-state index is 0.199. The van der Waals surface area contributed by atoms with Gasteiger partial charge in [0.1, 0.15) is 11.6 Å². The van der Waals surface area contributed by atoms with Crippen LogP contribution in [0.5, 0.6) is 0 Å². The predicted molar refractivity (Wildman–Crippen MR) is 74.3 cm³/mol. The summed E-state index contributed by atoms with van der Waals surface area (Å²) in [5, 5.41) is 10.6. The van der Waals surface area contributed by atoms with Gasteiger partial charge in [0.15, 0.2) is 9.84 Å². The minimum atomic E-state index is -3.35. The van der Waals surface area contributed by atoms with E-state index in [9.17, 15) is 18.0 Å². The van der Waals surface area contributed by atoms with Gasteiger partial charge in [0.25, 0.3) is 0 Å². The molecule has 118 valence electrons. The van der Waals surface area contributed by atoms with Crippen LogP contribution in [0, 0.1) is 0 Å². The smallest absolute Gasteiger partial charge is 0.408 e. The van der Waals surface area contributed by atoms with Gasteiger partial charge < -0.3 is 15.2 Å². The number of carboxylic acids is 1. The number of carbonyl (C=O) groups excluding carboxylic acids is 1. The number of alkyl carbamates (subject to hydrolysis) is 1. The average molecular weight is 309 g/mol. The lowest BCUT2D eigenvalue weighted by molar-refractivity contribution is -0.139. The number of hydrogen-bond acceptors (Lipinski definition) is 5. The molecule has 0 aromatic heterocycles. The second kappa shape index (κ2) is 6.92. The molecule has 0 radical (unpaired) electrons. The number of rotatable bonds is 6. The molecule has 0 spiro atoms. The maximum atomic E-state index is 11.6. The first-order valence-electron chi connectivity index (χ1n) is 6.29. The summed E-state index contributed by atoms with van der Waals surface area (Å²) in [6.45, 7) is 7.97. The number of hydrogen-bond donors (Lipinski definition) is 2. The molecule has 0 aliphatic heterocycles. The maximum Gasteiger partial charge on any atom is 0.408 e. The van der Waals surface area contributed by atoms with Gasteiger partial charge in [-0.2, -0.15) is 0 Å². The van der Waals surface area contributed by atoms with Crippen molar-refractivity contribution in [2.24, 2.45) is 0 Å². The van der Waals surface area contributed by atoms with Crippen molar-refractivity contribution in [3.63, 3.8) is 0 Å². The minimum Gasteiger partial charge on any atom is -0.480 e. The van der Waals surface area contributed by atoms with Crippen molar-refractivity contribution in [2.45, 2.75) is 57.9 Å². The SMILES string of the molecule is CC(C)S(=O)(=O)CCC(NC(=O)OC(C)(C)C)C(=O)O. The lowest BCUT2D eigenvalue weighted by Crippen LogP contribution is -2.44. The Hall–Kier alpha value is -1.31. The zero-order valence-corrected chi connectivity index (χ0v) is 13.3. The first kappa shape index (κ1) is 18.7. The van der Waals surface area contributed by atoms with Crippen LogP contribution >= 0.6 is 0 Å². The molecule has 1 atom stereocenters. The Labute approximate surface area is 119 Å². The van der Waals surface area contributed by atoms with E-state index in [1.54, 1.807) is 20.8 Å². The van der Waals surface area contributed by atoms with Gasteiger partial charge in [0.2, 0.25) is 0 Å². The molecular weight excluding hydrogens is 286 g/mol. The highest BCUT2D eigenvalue weighted by Gasteiger charge is 2.26. The Morgan fingerprint density at radius 3 is 2.10 bits per heavy atom. The van der Waals surface area contributed by atoms with E-state index in [-0.39, 0.29) is 12.2 Å². The second-order valence-electron chi connectivity index (χ2n) is 5.74. The zero-order chi connectivity index (χ0) is 16.1. The highest BCUT2D eigenvalue weighted by Crippen LogP contribution is 2.09. The van der Waals surface area contributed by atoms with Gasteiger partial charge in [-0.05, 0) is 41.0 Å². The summed E-state index contributed by atoms with van der Waals surface area (Å²) >= 11 is 0. The van der Waals surface area contributed by atoms with E-state index in [1.165, 1.54) is 13.8 Å². The molecule has 1 amide bonds. The normalized spacial score (nSPS) is 13.9. The summed E-state index contributed by atoms with van der Waals surface area (Å²) in [4.78, 5) is 22.5. The van der Waals surface area contributed by atoms with Crippen molar-refractivity contribution in [3.8, 4) is 0 Å². The fourth-order valence-electron chi connectivity index (χ4n) is 1.23. The number of amides is 1. The highest BCUT2D eigenvalue weighted by atomic mass is 32.2. The first-order valence-corrected chi connectivity index (χ1v) is 8.00. The van der Waals surface area contributed by atoms with E-state index in [4.69, 9.17) is 9.84 Å². The van der Waals surface area contributed by atoms with Crippen LogP contribution in [0.1, 0.15) is 41.0 Å². The van der Waals surface area contributed by atoms with E-state index >= 15 is 0 Å². The Morgan fingerprint density at radius 2 is 1.75 bits per heavy atom. The molecule has 0 aromatic rings. The molecule has 0 bridgehead atoms. The molecule has 7 nitrogen and oxygen atoms in total. The molecule has 8 heteroatoms. The molecule has 0 rings (SSSR count). The number of aliphatic carboxylic acids is 1. The quantitative estimate of drug-likeness (QED) is 0.762. The summed E-state index contributed by atoms with van der Waals surface area (Å²) in [7, 11) is -3.35. The molecule has 1 unspecified atom stereocenters. The number of sulfone groups is 1. The van der Waals surface area contributed by atoms with E-state index < -0.39 is 38.8 Å². The fourth-order valence-corrected chi connectivity index (χ4v) is 2.26. The number of carbonyl (C=O) groups is 2. The Morgan fingerprint density at radius 1 is 1.25 bits per heavy atom. The molecule has 0 aromatic carbocycles. The van der Waals surface area contributed by atoms with E-state index in [1.807, 2.05) is 0 Å². The first-order chi connectivity index (χ1) is 8.85. The van der Waals surface area contributed by atoms with Crippen LogP contribution in [0.2, 0.25) is 0 Å². The van der Waals surface area contributed by atoms with Crippen LogP contribution in [-0.4, -0.2) is 48.2 Å². The third-order valence-electron chi connectivity index (χ3n) is 2.40. The number of carboxylic acid groups (broad SMARTS) is 1. The summed E-state index contributed by atoms with van der Waals surface area (Å²) in [6, 6.07) is -1.29. The summed E-state index contributed by atoms with van der Waals surface area (Å²) in [6.07, 6.45) is -1.08. The van der Waals surface area contributed by atoms with Crippen LogP contribution in [0.15, 0.2) is 0 Å². The fraction of sp³-hybridized carbons (Fsp3) is 0.833. The summed E-state index contributed by atoms with van der Waals surface area (Å²) < 4.78 is 28.2. The third kappa shape index (κ3) is 7.32. The molecular formula is C12H23NO6S. The highest BCUT2D eigenvalue weighted by molar-refractivity contribution is 7.91. The van der Waals surface area contributed by atoms with Crippen molar-refractivity contribution in [3.05, 3.63) is 0 Å². The van der Waals surface area contributed by atoms with Gasteiger partial charge in [-0.3, -0.25) is 0 Å². The van der Waals surface area contributed by atoms with Crippen LogP contribution in [0.4, 0.5) is 4.79 Å². The molecule has 0 fully saturated rings. The van der Waals surface area contributed by atoms with Crippen molar-refractivity contribution in [2.75, 3.05) is 5.75 Å². The molecule has 0 saturated carbocycles. The molecule has 2 N–H and O–H groups in total. The van der Waals surface area contributed by atoms with Gasteiger partial charge in [0, 0.05) is 0 Å². The topological polar surface area (TPSA) is 110 Å². The number of nitrogens with one attached hydrogen (secondary N) is 1. The standard InChI is InChI=1S/C12H23NO6S/c1-8(2)20(17,18)7-6-9(10(14)15)13-11(16)19-12(3,4)5/h8-9H,6-7H2,1-5H3,(H,13,16)(H,14,15). The van der Waals surface area contributed by atoms with Crippen molar-refractivity contribution >= 4 is 21.9 Å². The largest absolute Gasteiger partial charge is 0.480 e. The molecule has 0 heterocycles. The number of ether oxygens (including phenoxy) is 1. The lowest BCUT2D eigenvalue weighted by atomic mass is 10.2. The monoisotopic (exact) mass is 309 g/mol. The third-order valence-corrected chi connectivity index (χ3v) is 4.64. The second-order valence-corrected chi connectivity index (χ2v) is 8.42. The van der Waals surface area contributed by atoms with Crippen LogP contribution < -0.4 is 5.32 Å².